The summed E-state index contributed by atoms with van der Waals surface area (Å²) in [6.45, 7) is 4.67. The monoisotopic (exact) mass is 610 g/mol. The van der Waals surface area contributed by atoms with Crippen LogP contribution in [-0.2, 0) is 29.9 Å². The lowest BCUT2D eigenvalue weighted by molar-refractivity contribution is -0.145. The van der Waals surface area contributed by atoms with Crippen LogP contribution in [0.25, 0.3) is 0 Å². The van der Waals surface area contributed by atoms with E-state index in [1.165, 1.54) is 0 Å². The molecule has 1 aromatic carbocycles. The number of piperazine rings is 1. The van der Waals surface area contributed by atoms with Crippen molar-refractivity contribution in [2.45, 2.75) is 64.2 Å². The number of benzene rings is 1. The summed E-state index contributed by atoms with van der Waals surface area (Å²) < 4.78 is 119. The molecular formula is C28H31F9N4O. The molecule has 1 aliphatic carbocycles. The first-order valence-electron chi connectivity index (χ1n) is 13.5. The molecule has 5 nitrogen and oxygen atoms in total. The lowest BCUT2D eigenvalue weighted by atomic mass is 9.74. The number of aromatic nitrogens is 1. The zero-order chi connectivity index (χ0) is 31.1. The number of pyridine rings is 1. The molecule has 0 spiro atoms. The second kappa shape index (κ2) is 11.6. The van der Waals surface area contributed by atoms with Crippen molar-refractivity contribution in [2.24, 2.45) is 11.3 Å². The van der Waals surface area contributed by atoms with Gasteiger partial charge in [-0.25, -0.2) is 4.98 Å². The van der Waals surface area contributed by atoms with Crippen molar-refractivity contribution in [1.29, 1.82) is 0 Å². The van der Waals surface area contributed by atoms with Crippen LogP contribution in [0.3, 0.4) is 0 Å². The highest BCUT2D eigenvalue weighted by Gasteiger charge is 2.49. The maximum absolute atomic E-state index is 13.8. The van der Waals surface area contributed by atoms with Crippen molar-refractivity contribution in [2.75, 3.05) is 31.1 Å². The van der Waals surface area contributed by atoms with Crippen LogP contribution in [0, 0.1) is 11.3 Å². The van der Waals surface area contributed by atoms with Crippen LogP contribution in [0.5, 0.6) is 0 Å². The number of halogens is 9. The third-order valence-corrected chi connectivity index (χ3v) is 8.29. The molecule has 1 saturated carbocycles. The number of carbonyl (C=O) groups excluding carboxylic acids is 1. The molecule has 1 N–H and O–H groups in total. The zero-order valence-corrected chi connectivity index (χ0v) is 22.9. The molecular weight excluding hydrogens is 579 g/mol. The van der Waals surface area contributed by atoms with Crippen molar-refractivity contribution in [3.63, 3.8) is 0 Å². The molecule has 4 rings (SSSR count). The van der Waals surface area contributed by atoms with Crippen molar-refractivity contribution in [3.8, 4) is 0 Å². The topological polar surface area (TPSA) is 48.5 Å². The molecule has 0 bridgehead atoms. The molecule has 0 radical (unpaired) electrons. The van der Waals surface area contributed by atoms with Crippen LogP contribution in [0.15, 0.2) is 36.5 Å². The maximum Gasteiger partial charge on any atom is 0.416 e. The standard InChI is InChI=1S/C28H31F9N4O/c1-17(2)25(24(42)41-9-7-40(8-10-41)23-14-19(4-6-38-23)26(29,30)31)5-3-22(15-25)39-16-18-11-20(27(32,33)34)13-21(12-18)28(35,36)37/h4,6,11-14,17,22,39H,3,5,7-10,15-16H2,1-2H3/t22-,25+/m0/s1. The number of rotatable bonds is 6. The van der Waals surface area contributed by atoms with Gasteiger partial charge in [-0.3, -0.25) is 4.79 Å². The number of alkyl halides is 9. The molecule has 1 aromatic heterocycles. The van der Waals surface area contributed by atoms with Gasteiger partial charge in [-0.15, -0.1) is 0 Å². The van der Waals surface area contributed by atoms with E-state index in [1.54, 1.807) is 9.80 Å². The van der Waals surface area contributed by atoms with Crippen LogP contribution in [0.2, 0.25) is 0 Å². The van der Waals surface area contributed by atoms with Gasteiger partial charge >= 0.3 is 18.5 Å². The Balaban J connectivity index is 1.41. The van der Waals surface area contributed by atoms with Crippen LogP contribution in [0.4, 0.5) is 45.3 Å². The number of carbonyl (C=O) groups is 1. The lowest BCUT2D eigenvalue weighted by Crippen LogP contribution is -2.54. The Labute approximate surface area is 237 Å². The van der Waals surface area contributed by atoms with E-state index in [4.69, 9.17) is 0 Å². The fourth-order valence-corrected chi connectivity index (χ4v) is 5.82. The maximum atomic E-state index is 13.8. The first-order valence-corrected chi connectivity index (χ1v) is 13.5. The van der Waals surface area contributed by atoms with Crippen LogP contribution < -0.4 is 10.2 Å². The summed E-state index contributed by atoms with van der Waals surface area (Å²) in [5.41, 5.74) is -4.53. The van der Waals surface area contributed by atoms with E-state index in [9.17, 15) is 44.3 Å². The molecule has 0 unspecified atom stereocenters. The first kappa shape index (κ1) is 31.9. The smallest absolute Gasteiger partial charge is 0.353 e. The van der Waals surface area contributed by atoms with Crippen molar-refractivity contribution in [3.05, 3.63) is 58.8 Å². The minimum Gasteiger partial charge on any atom is -0.353 e. The fraction of sp³-hybridized carbons (Fsp3) is 0.571. The third kappa shape index (κ3) is 6.95. The second-order valence-corrected chi connectivity index (χ2v) is 11.2. The highest BCUT2D eigenvalue weighted by atomic mass is 19.4. The quantitative estimate of drug-likeness (QED) is 0.367. The van der Waals surface area contributed by atoms with E-state index in [0.717, 1.165) is 18.3 Å². The molecule has 2 fully saturated rings. The largest absolute Gasteiger partial charge is 0.416 e. The number of hydrogen-bond donors (Lipinski definition) is 1. The summed E-state index contributed by atoms with van der Waals surface area (Å²) >= 11 is 0. The van der Waals surface area contributed by atoms with E-state index in [0.29, 0.717) is 31.4 Å². The normalized spacial score (nSPS) is 22.2. The van der Waals surface area contributed by atoms with Crippen LogP contribution in [-0.4, -0.2) is 48.0 Å². The molecule has 2 aliphatic rings. The zero-order valence-electron chi connectivity index (χ0n) is 22.9. The fourth-order valence-electron chi connectivity index (χ4n) is 5.82. The van der Waals surface area contributed by atoms with Gasteiger partial charge in [0.2, 0.25) is 5.91 Å². The molecule has 2 aromatic rings. The predicted octanol–water partition coefficient (Wildman–Crippen LogP) is 6.77. The second-order valence-electron chi connectivity index (χ2n) is 11.2. The van der Waals surface area contributed by atoms with Gasteiger partial charge in [-0.1, -0.05) is 13.8 Å². The minimum atomic E-state index is -4.94. The average Bonchev–Trinajstić information content (AvgIpc) is 3.36. The van der Waals surface area contributed by atoms with Gasteiger partial charge in [0.1, 0.15) is 5.82 Å². The van der Waals surface area contributed by atoms with Gasteiger partial charge in [-0.05, 0) is 61.1 Å². The van der Waals surface area contributed by atoms with Gasteiger partial charge in [0.15, 0.2) is 0 Å². The van der Waals surface area contributed by atoms with Crippen molar-refractivity contribution < 1.29 is 44.3 Å². The Morgan fingerprint density at radius 1 is 0.905 bits per heavy atom. The van der Waals surface area contributed by atoms with E-state index >= 15 is 0 Å². The Bertz CT molecular complexity index is 1230. The van der Waals surface area contributed by atoms with Gasteiger partial charge in [0.05, 0.1) is 22.1 Å². The summed E-state index contributed by atoms with van der Waals surface area (Å²) in [6, 6.07) is 3.03. The Hall–Kier alpha value is -3.03. The van der Waals surface area contributed by atoms with E-state index in [-0.39, 0.29) is 68.0 Å². The van der Waals surface area contributed by atoms with Crippen molar-refractivity contribution in [1.82, 2.24) is 15.2 Å². The number of nitrogens with zero attached hydrogens (tertiary/aromatic N) is 3. The molecule has 1 saturated heterocycles. The van der Waals surface area contributed by atoms with Gasteiger partial charge in [0.25, 0.3) is 0 Å². The van der Waals surface area contributed by atoms with Gasteiger partial charge in [0, 0.05) is 45.0 Å². The van der Waals surface area contributed by atoms with E-state index in [1.807, 2.05) is 13.8 Å². The summed E-state index contributed by atoms with van der Waals surface area (Å²) in [4.78, 5) is 21.2. The summed E-state index contributed by atoms with van der Waals surface area (Å²) in [5.74, 6) is -0.0499. The number of nitrogens with one attached hydrogen (secondary N) is 1. The van der Waals surface area contributed by atoms with Crippen LogP contribution >= 0.6 is 0 Å². The molecule has 2 heterocycles. The number of amides is 1. The van der Waals surface area contributed by atoms with Gasteiger partial charge in [-0.2, -0.15) is 39.5 Å². The molecule has 42 heavy (non-hydrogen) atoms. The highest BCUT2D eigenvalue weighted by Crippen LogP contribution is 2.46. The predicted molar refractivity (Wildman–Crippen MR) is 136 cm³/mol. The molecule has 232 valence electrons. The summed E-state index contributed by atoms with van der Waals surface area (Å²) in [7, 11) is 0. The van der Waals surface area contributed by atoms with Gasteiger partial charge < -0.3 is 15.1 Å². The minimum absolute atomic E-state index is 0.0877. The molecule has 14 heteroatoms. The molecule has 1 amide bonds. The molecule has 2 atom stereocenters. The summed E-state index contributed by atoms with van der Waals surface area (Å²) in [6.07, 6.45) is -12.0. The summed E-state index contributed by atoms with van der Waals surface area (Å²) in [5, 5.41) is 3.05. The van der Waals surface area contributed by atoms with Crippen molar-refractivity contribution >= 4 is 11.7 Å². The highest BCUT2D eigenvalue weighted by molar-refractivity contribution is 5.84. The van der Waals surface area contributed by atoms with E-state index in [2.05, 4.69) is 10.3 Å². The van der Waals surface area contributed by atoms with Crippen LogP contribution in [0.1, 0.15) is 55.4 Å². The molecule has 1 aliphatic heterocycles. The third-order valence-electron chi connectivity index (χ3n) is 8.29. The number of hydrogen-bond acceptors (Lipinski definition) is 4. The Morgan fingerprint density at radius 3 is 2.00 bits per heavy atom. The van der Waals surface area contributed by atoms with E-state index < -0.39 is 40.6 Å². The average molecular weight is 611 g/mol. The Kier molecular flexibility index (Phi) is 8.79. The first-order chi connectivity index (χ1) is 19.4. The number of anilines is 1. The Morgan fingerprint density at radius 2 is 1.48 bits per heavy atom. The lowest BCUT2D eigenvalue weighted by Gasteiger charge is -2.42. The SMILES string of the molecule is CC(C)[C@@]1(C(=O)N2CCN(c3cc(C(F)(F)F)ccn3)CC2)CC[C@H](NCc2cc(C(F)(F)F)cc(C(F)(F)F)c2)C1.